The van der Waals surface area contributed by atoms with Crippen molar-refractivity contribution in [3.8, 4) is 5.75 Å². The average molecular weight is 355 g/mol. The molecule has 0 spiro atoms. The Morgan fingerprint density at radius 2 is 2.19 bits per heavy atom. The number of carboxylic acid groups (broad SMARTS) is 1. The summed E-state index contributed by atoms with van der Waals surface area (Å²) < 4.78 is 5.72. The Bertz CT molecular complexity index is 796. The summed E-state index contributed by atoms with van der Waals surface area (Å²) in [5.41, 5.74) is 0.668. The highest BCUT2D eigenvalue weighted by atomic mass is 16.5. The van der Waals surface area contributed by atoms with Crippen molar-refractivity contribution in [3.05, 3.63) is 54.4 Å². The number of likely N-dealkylation sites (tertiary alicyclic amines) is 1. The smallest absolute Gasteiger partial charge is 0.321 e. The van der Waals surface area contributed by atoms with Gasteiger partial charge < -0.3 is 20.1 Å². The number of aromatic nitrogens is 1. The number of nitrogens with zero attached hydrogens (tertiary/aromatic N) is 2. The minimum absolute atomic E-state index is 0.200. The molecule has 1 atom stereocenters. The molecule has 1 aromatic carbocycles. The van der Waals surface area contributed by atoms with E-state index < -0.39 is 11.4 Å². The number of aliphatic carboxylic acids is 1. The quantitative estimate of drug-likeness (QED) is 0.860. The highest BCUT2D eigenvalue weighted by Gasteiger charge is 2.42. The number of amides is 2. The number of urea groups is 1. The van der Waals surface area contributed by atoms with Gasteiger partial charge in [-0.1, -0.05) is 12.1 Å². The minimum atomic E-state index is -0.883. The zero-order chi connectivity index (χ0) is 18.6. The van der Waals surface area contributed by atoms with Crippen molar-refractivity contribution >= 4 is 17.7 Å². The van der Waals surface area contributed by atoms with Crippen molar-refractivity contribution < 1.29 is 19.4 Å². The minimum Gasteiger partial charge on any atom is -0.489 e. The van der Waals surface area contributed by atoms with Gasteiger partial charge in [0.2, 0.25) is 0 Å². The standard InChI is InChI=1S/C19H21N3O4/c1-19(17(23)24)7-9-22(13-19)18(25)21-15-5-2-6-16(10-15)26-12-14-4-3-8-20-11-14/h2-6,8,10-11H,7,9,12-13H2,1H3,(H,21,25)(H,23,24). The molecule has 7 heteroatoms. The fraction of sp³-hybridized carbons (Fsp3) is 0.316. The highest BCUT2D eigenvalue weighted by Crippen LogP contribution is 2.30. The lowest BCUT2D eigenvalue weighted by molar-refractivity contribution is -0.146. The zero-order valence-electron chi connectivity index (χ0n) is 14.5. The molecule has 0 bridgehead atoms. The first-order valence-corrected chi connectivity index (χ1v) is 8.37. The first-order valence-electron chi connectivity index (χ1n) is 8.37. The SMILES string of the molecule is CC1(C(=O)O)CCN(C(=O)Nc2cccc(OCc3cccnc3)c2)C1. The van der Waals surface area contributed by atoms with Crippen LogP contribution in [0, 0.1) is 5.41 Å². The van der Waals surface area contributed by atoms with Crippen LogP contribution in [-0.4, -0.2) is 40.1 Å². The molecule has 2 amide bonds. The lowest BCUT2D eigenvalue weighted by atomic mass is 9.90. The molecular formula is C19H21N3O4. The number of benzene rings is 1. The third-order valence-electron chi connectivity index (χ3n) is 4.49. The Hall–Kier alpha value is -3.09. The molecule has 2 N–H and O–H groups in total. The van der Waals surface area contributed by atoms with E-state index in [2.05, 4.69) is 10.3 Å². The monoisotopic (exact) mass is 355 g/mol. The third kappa shape index (κ3) is 4.11. The fourth-order valence-corrected chi connectivity index (χ4v) is 2.83. The van der Waals surface area contributed by atoms with E-state index >= 15 is 0 Å². The Balaban J connectivity index is 1.58. The topological polar surface area (TPSA) is 91.8 Å². The van der Waals surface area contributed by atoms with E-state index in [1.807, 2.05) is 18.2 Å². The van der Waals surface area contributed by atoms with Gasteiger partial charge >= 0.3 is 12.0 Å². The lowest BCUT2D eigenvalue weighted by Crippen LogP contribution is -2.37. The van der Waals surface area contributed by atoms with Crippen molar-refractivity contribution in [2.24, 2.45) is 5.41 Å². The van der Waals surface area contributed by atoms with Crippen LogP contribution in [0.2, 0.25) is 0 Å². The molecular weight excluding hydrogens is 334 g/mol. The maximum atomic E-state index is 12.4. The molecule has 2 aromatic rings. The Kier molecular flexibility index (Phi) is 5.06. The normalized spacial score (nSPS) is 19.2. The first-order chi connectivity index (χ1) is 12.5. The van der Waals surface area contributed by atoms with E-state index in [0.717, 1.165) is 5.56 Å². The molecule has 1 fully saturated rings. The lowest BCUT2D eigenvalue weighted by Gasteiger charge is -2.20. The summed E-state index contributed by atoms with van der Waals surface area (Å²) in [4.78, 5) is 29.3. The number of nitrogens with one attached hydrogen (secondary N) is 1. The predicted octanol–water partition coefficient (Wildman–Crippen LogP) is 2.99. The second-order valence-electron chi connectivity index (χ2n) is 6.65. The van der Waals surface area contributed by atoms with E-state index in [-0.39, 0.29) is 12.6 Å². The van der Waals surface area contributed by atoms with Crippen LogP contribution in [0.5, 0.6) is 5.75 Å². The van der Waals surface area contributed by atoms with E-state index in [1.54, 1.807) is 37.5 Å². The molecule has 1 unspecified atom stereocenters. The van der Waals surface area contributed by atoms with Gasteiger partial charge in [0.25, 0.3) is 0 Å². The van der Waals surface area contributed by atoms with Gasteiger partial charge in [0, 0.05) is 42.8 Å². The van der Waals surface area contributed by atoms with Crippen molar-refractivity contribution in [1.29, 1.82) is 0 Å². The van der Waals surface area contributed by atoms with Gasteiger partial charge in [-0.2, -0.15) is 0 Å². The Morgan fingerprint density at radius 1 is 1.35 bits per heavy atom. The van der Waals surface area contributed by atoms with Gasteiger partial charge in [-0.25, -0.2) is 4.79 Å². The summed E-state index contributed by atoms with van der Waals surface area (Å²) in [5.74, 6) is -0.248. The van der Waals surface area contributed by atoms with Crippen LogP contribution >= 0.6 is 0 Å². The zero-order valence-corrected chi connectivity index (χ0v) is 14.5. The predicted molar refractivity (Wildman–Crippen MR) is 96.0 cm³/mol. The number of carbonyl (C=O) groups excluding carboxylic acids is 1. The second kappa shape index (κ2) is 7.43. The molecule has 1 aliphatic heterocycles. The molecule has 136 valence electrons. The maximum Gasteiger partial charge on any atom is 0.321 e. The molecule has 7 nitrogen and oxygen atoms in total. The molecule has 0 radical (unpaired) electrons. The number of carbonyl (C=O) groups is 2. The van der Waals surface area contributed by atoms with Crippen molar-refractivity contribution in [3.63, 3.8) is 0 Å². The largest absolute Gasteiger partial charge is 0.489 e. The summed E-state index contributed by atoms with van der Waals surface area (Å²) in [7, 11) is 0. The van der Waals surface area contributed by atoms with Crippen LogP contribution in [0.25, 0.3) is 0 Å². The van der Waals surface area contributed by atoms with Crippen molar-refractivity contribution in [2.75, 3.05) is 18.4 Å². The highest BCUT2D eigenvalue weighted by molar-refractivity contribution is 5.90. The molecule has 1 aromatic heterocycles. The summed E-state index contributed by atoms with van der Waals surface area (Å²) >= 11 is 0. The molecule has 2 heterocycles. The molecule has 1 saturated heterocycles. The van der Waals surface area contributed by atoms with E-state index in [1.165, 1.54) is 4.90 Å². The number of pyridine rings is 1. The van der Waals surface area contributed by atoms with Gasteiger partial charge in [-0.3, -0.25) is 9.78 Å². The van der Waals surface area contributed by atoms with E-state index in [4.69, 9.17) is 4.74 Å². The average Bonchev–Trinajstić information content (AvgIpc) is 3.05. The van der Waals surface area contributed by atoms with E-state index in [0.29, 0.717) is 31.0 Å². The van der Waals surface area contributed by atoms with Crippen molar-refractivity contribution in [1.82, 2.24) is 9.88 Å². The number of hydrogen-bond acceptors (Lipinski definition) is 4. The molecule has 0 aliphatic carbocycles. The third-order valence-corrected chi connectivity index (χ3v) is 4.49. The maximum absolute atomic E-state index is 12.4. The van der Waals surface area contributed by atoms with E-state index in [9.17, 15) is 14.7 Å². The molecule has 1 aliphatic rings. The van der Waals surface area contributed by atoms with Gasteiger partial charge in [0.15, 0.2) is 0 Å². The fourth-order valence-electron chi connectivity index (χ4n) is 2.83. The van der Waals surface area contributed by atoms with Crippen molar-refractivity contribution in [2.45, 2.75) is 20.0 Å². The number of anilines is 1. The first kappa shape index (κ1) is 17.7. The molecule has 26 heavy (non-hydrogen) atoms. The summed E-state index contributed by atoms with van der Waals surface area (Å²) in [6.45, 7) is 2.67. The second-order valence-corrected chi connectivity index (χ2v) is 6.65. The summed E-state index contributed by atoms with van der Waals surface area (Å²) in [6.07, 6.45) is 3.88. The number of carboxylic acids is 1. The number of ether oxygens (including phenoxy) is 1. The number of rotatable bonds is 5. The Labute approximate surface area is 151 Å². The molecule has 3 rings (SSSR count). The van der Waals surface area contributed by atoms with Gasteiger partial charge in [0.1, 0.15) is 12.4 Å². The van der Waals surface area contributed by atoms with Gasteiger partial charge in [0.05, 0.1) is 5.41 Å². The van der Waals surface area contributed by atoms with Crippen LogP contribution in [0.3, 0.4) is 0 Å². The summed E-state index contributed by atoms with van der Waals surface area (Å²) in [6, 6.07) is 10.6. The summed E-state index contributed by atoms with van der Waals surface area (Å²) in [5, 5.41) is 12.1. The van der Waals surface area contributed by atoms with Crippen LogP contribution in [0.4, 0.5) is 10.5 Å². The number of hydrogen-bond donors (Lipinski definition) is 2. The van der Waals surface area contributed by atoms with Crippen LogP contribution in [0.1, 0.15) is 18.9 Å². The van der Waals surface area contributed by atoms with Gasteiger partial charge in [-0.15, -0.1) is 0 Å². The van der Waals surface area contributed by atoms with Gasteiger partial charge in [-0.05, 0) is 31.5 Å². The van der Waals surface area contributed by atoms with Crippen LogP contribution in [-0.2, 0) is 11.4 Å². The Morgan fingerprint density at radius 3 is 2.88 bits per heavy atom. The van der Waals surface area contributed by atoms with Crippen LogP contribution in [0.15, 0.2) is 48.8 Å². The molecule has 0 saturated carbocycles. The van der Waals surface area contributed by atoms with Crippen LogP contribution < -0.4 is 10.1 Å².